The molecule has 0 heterocycles. The van der Waals surface area contributed by atoms with Crippen molar-refractivity contribution in [2.24, 2.45) is 0 Å². The second kappa shape index (κ2) is 4.45. The summed E-state index contributed by atoms with van der Waals surface area (Å²) in [5, 5.41) is 8.54. The van der Waals surface area contributed by atoms with Crippen molar-refractivity contribution in [2.75, 3.05) is 6.61 Å². The Morgan fingerprint density at radius 2 is 2.31 bits per heavy atom. The van der Waals surface area contributed by atoms with Crippen LogP contribution in [0.25, 0.3) is 0 Å². The molecule has 0 spiro atoms. The highest BCUT2D eigenvalue weighted by Gasteiger charge is 2.07. The van der Waals surface area contributed by atoms with Crippen molar-refractivity contribution in [3.8, 4) is 11.8 Å². The SMILES string of the molecule is N#CCOc1cc(Cl)c(Br)cc1F. The number of halogens is 3. The molecule has 0 saturated carbocycles. The van der Waals surface area contributed by atoms with Gasteiger partial charge in [0.2, 0.25) is 0 Å². The molecule has 0 unspecified atom stereocenters. The van der Waals surface area contributed by atoms with Gasteiger partial charge < -0.3 is 4.74 Å². The standard InChI is InChI=1S/C8H4BrClFNO/c9-5-3-7(11)8(4-6(5)10)13-2-1-12/h3-4H,2H2. The molecule has 68 valence electrons. The van der Waals surface area contributed by atoms with Crippen LogP contribution in [-0.4, -0.2) is 6.61 Å². The summed E-state index contributed by atoms with van der Waals surface area (Å²) in [7, 11) is 0. The molecular weight excluding hydrogens is 260 g/mol. The van der Waals surface area contributed by atoms with E-state index in [4.69, 9.17) is 21.6 Å². The quantitative estimate of drug-likeness (QED) is 0.769. The molecule has 0 aromatic heterocycles. The van der Waals surface area contributed by atoms with Gasteiger partial charge in [-0.25, -0.2) is 4.39 Å². The molecule has 0 atom stereocenters. The van der Waals surface area contributed by atoms with E-state index in [-0.39, 0.29) is 12.4 Å². The van der Waals surface area contributed by atoms with Crippen LogP contribution >= 0.6 is 27.5 Å². The van der Waals surface area contributed by atoms with Gasteiger partial charge in [0, 0.05) is 10.5 Å². The number of ether oxygens (including phenoxy) is 1. The molecule has 5 heteroatoms. The molecule has 0 fully saturated rings. The molecule has 0 aliphatic heterocycles. The maximum atomic E-state index is 13.0. The monoisotopic (exact) mass is 263 g/mol. The fraction of sp³-hybridized carbons (Fsp3) is 0.125. The third-order valence-corrected chi connectivity index (χ3v) is 2.46. The van der Waals surface area contributed by atoms with Crippen LogP contribution in [0.1, 0.15) is 0 Å². The first kappa shape index (κ1) is 10.3. The van der Waals surface area contributed by atoms with Crippen molar-refractivity contribution in [2.45, 2.75) is 0 Å². The molecule has 0 aliphatic rings. The van der Waals surface area contributed by atoms with Crippen molar-refractivity contribution < 1.29 is 9.13 Å². The van der Waals surface area contributed by atoms with Gasteiger partial charge in [0.15, 0.2) is 18.2 Å². The molecule has 1 aromatic carbocycles. The summed E-state index contributed by atoms with van der Waals surface area (Å²) < 4.78 is 18.3. The third kappa shape index (κ3) is 2.58. The van der Waals surface area contributed by atoms with Crippen molar-refractivity contribution in [1.82, 2.24) is 0 Å². The van der Waals surface area contributed by atoms with Crippen LogP contribution in [0.15, 0.2) is 16.6 Å². The van der Waals surface area contributed by atoms with Crippen LogP contribution in [-0.2, 0) is 0 Å². The molecule has 0 radical (unpaired) electrons. The smallest absolute Gasteiger partial charge is 0.174 e. The molecule has 0 saturated heterocycles. The fourth-order valence-corrected chi connectivity index (χ4v) is 1.19. The first-order valence-corrected chi connectivity index (χ1v) is 4.46. The van der Waals surface area contributed by atoms with Crippen molar-refractivity contribution in [1.29, 1.82) is 5.26 Å². The molecular formula is C8H4BrClFNO. The Bertz CT molecular complexity index is 364. The van der Waals surface area contributed by atoms with Crippen LogP contribution in [0, 0.1) is 17.1 Å². The summed E-state index contributed by atoms with van der Waals surface area (Å²) in [6.07, 6.45) is 0. The molecule has 0 N–H and O–H groups in total. The number of hydrogen-bond acceptors (Lipinski definition) is 2. The lowest BCUT2D eigenvalue weighted by molar-refractivity contribution is 0.346. The predicted octanol–water partition coefficient (Wildman–Crippen LogP) is 3.14. The minimum Gasteiger partial charge on any atom is -0.476 e. The summed E-state index contributed by atoms with van der Waals surface area (Å²) in [4.78, 5) is 0. The fourth-order valence-electron chi connectivity index (χ4n) is 0.725. The van der Waals surface area contributed by atoms with E-state index < -0.39 is 5.82 Å². The topological polar surface area (TPSA) is 33.0 Å². The molecule has 1 aromatic rings. The van der Waals surface area contributed by atoms with Gasteiger partial charge in [-0.05, 0) is 22.0 Å². The molecule has 0 amide bonds. The van der Waals surface area contributed by atoms with Gasteiger partial charge in [0.05, 0.1) is 5.02 Å². The van der Waals surface area contributed by atoms with E-state index in [0.29, 0.717) is 9.50 Å². The third-order valence-electron chi connectivity index (χ3n) is 1.27. The highest BCUT2D eigenvalue weighted by atomic mass is 79.9. The summed E-state index contributed by atoms with van der Waals surface area (Å²) in [6.45, 7) is -0.200. The molecule has 13 heavy (non-hydrogen) atoms. The largest absolute Gasteiger partial charge is 0.476 e. The maximum absolute atomic E-state index is 13.0. The van der Waals surface area contributed by atoms with Crippen LogP contribution in [0.5, 0.6) is 5.75 Å². The van der Waals surface area contributed by atoms with Crippen LogP contribution in [0.2, 0.25) is 5.02 Å². The van der Waals surface area contributed by atoms with Gasteiger partial charge in [-0.2, -0.15) is 5.26 Å². The Hall–Kier alpha value is -0.790. The number of hydrogen-bond donors (Lipinski definition) is 0. The summed E-state index contributed by atoms with van der Waals surface area (Å²) in [5.74, 6) is -0.568. The first-order chi connectivity index (χ1) is 6.15. The van der Waals surface area contributed by atoms with E-state index in [1.807, 2.05) is 0 Å². The lowest BCUT2D eigenvalue weighted by Crippen LogP contribution is -1.96. The minimum atomic E-state index is -0.550. The zero-order valence-corrected chi connectivity index (χ0v) is 8.69. The highest BCUT2D eigenvalue weighted by molar-refractivity contribution is 9.10. The normalized spacial score (nSPS) is 9.38. The Kier molecular flexibility index (Phi) is 3.52. The van der Waals surface area contributed by atoms with Gasteiger partial charge in [0.1, 0.15) is 6.07 Å². The van der Waals surface area contributed by atoms with E-state index in [1.165, 1.54) is 12.1 Å². The predicted molar refractivity (Wildman–Crippen MR) is 50.2 cm³/mol. The Balaban J connectivity index is 2.96. The van der Waals surface area contributed by atoms with E-state index in [1.54, 1.807) is 6.07 Å². The minimum absolute atomic E-state index is 0.0187. The molecule has 1 rings (SSSR count). The second-order valence-electron chi connectivity index (χ2n) is 2.14. The van der Waals surface area contributed by atoms with Gasteiger partial charge in [-0.1, -0.05) is 11.6 Å². The van der Waals surface area contributed by atoms with E-state index in [9.17, 15) is 4.39 Å². The van der Waals surface area contributed by atoms with Crippen LogP contribution in [0.3, 0.4) is 0 Å². The second-order valence-corrected chi connectivity index (χ2v) is 3.41. The van der Waals surface area contributed by atoms with Gasteiger partial charge >= 0.3 is 0 Å². The maximum Gasteiger partial charge on any atom is 0.174 e. The van der Waals surface area contributed by atoms with E-state index in [0.717, 1.165) is 0 Å². The number of benzene rings is 1. The number of nitriles is 1. The summed E-state index contributed by atoms with van der Waals surface area (Å²) in [6, 6.07) is 4.24. The van der Waals surface area contributed by atoms with Gasteiger partial charge in [-0.15, -0.1) is 0 Å². The van der Waals surface area contributed by atoms with Gasteiger partial charge in [-0.3, -0.25) is 0 Å². The average molecular weight is 264 g/mol. The zero-order valence-electron chi connectivity index (χ0n) is 6.35. The van der Waals surface area contributed by atoms with Crippen molar-refractivity contribution in [3.63, 3.8) is 0 Å². The Morgan fingerprint density at radius 1 is 1.62 bits per heavy atom. The number of rotatable bonds is 2. The van der Waals surface area contributed by atoms with Crippen molar-refractivity contribution in [3.05, 3.63) is 27.4 Å². The van der Waals surface area contributed by atoms with E-state index >= 15 is 0 Å². The van der Waals surface area contributed by atoms with E-state index in [2.05, 4.69) is 15.9 Å². The molecule has 0 aliphatic carbocycles. The van der Waals surface area contributed by atoms with Gasteiger partial charge in [0.25, 0.3) is 0 Å². The molecule has 2 nitrogen and oxygen atoms in total. The zero-order chi connectivity index (χ0) is 9.84. The summed E-state index contributed by atoms with van der Waals surface area (Å²) >= 11 is 8.74. The number of nitrogens with zero attached hydrogens (tertiary/aromatic N) is 1. The Labute approximate surface area is 88.0 Å². The highest BCUT2D eigenvalue weighted by Crippen LogP contribution is 2.29. The summed E-state index contributed by atoms with van der Waals surface area (Å²) in [5.41, 5.74) is 0. The van der Waals surface area contributed by atoms with Crippen LogP contribution in [0.4, 0.5) is 4.39 Å². The lowest BCUT2D eigenvalue weighted by atomic mass is 10.3. The lowest BCUT2D eigenvalue weighted by Gasteiger charge is -2.04. The average Bonchev–Trinajstić information content (AvgIpc) is 2.09. The first-order valence-electron chi connectivity index (χ1n) is 3.29. The molecule has 0 bridgehead atoms. The van der Waals surface area contributed by atoms with Crippen molar-refractivity contribution >= 4 is 27.5 Å². The van der Waals surface area contributed by atoms with Crippen LogP contribution < -0.4 is 4.74 Å². The Morgan fingerprint density at radius 3 is 2.92 bits per heavy atom.